The van der Waals surface area contributed by atoms with Gasteiger partial charge in [0, 0.05) is 12.8 Å². The molecule has 0 aliphatic heterocycles. The van der Waals surface area contributed by atoms with E-state index in [4.69, 9.17) is 18.9 Å². The smallest absolute Gasteiger partial charge is 0.306 e. The number of rotatable bonds is 61. The van der Waals surface area contributed by atoms with Crippen molar-refractivity contribution in [1.82, 2.24) is 0 Å². The van der Waals surface area contributed by atoms with Crippen molar-refractivity contribution in [3.05, 3.63) is 146 Å². The van der Waals surface area contributed by atoms with Gasteiger partial charge >= 0.3 is 11.9 Å². The fourth-order valence-corrected chi connectivity index (χ4v) is 8.96. The van der Waals surface area contributed by atoms with Gasteiger partial charge in [0.1, 0.15) is 13.2 Å². The van der Waals surface area contributed by atoms with Crippen molar-refractivity contribution in [2.75, 3.05) is 47.5 Å². The van der Waals surface area contributed by atoms with Crippen LogP contribution >= 0.6 is 0 Å². The second kappa shape index (κ2) is 65.2. The SMILES string of the molecule is CC/C=C\C/C=C\C/C=C\C/C=C\C/C=C\C/C=C\C/C=C\CCCCCCCCCCCCCC(=O)OC(COC(=O)CCCCCCCCCCCCC/C=C\C/C=C\C/C=C\C/C=C\C/C=C\CC)COC(OCC[N+](C)(C)C)C(=O)[O-]. The van der Waals surface area contributed by atoms with Crippen LogP contribution in [0, 0.1) is 0 Å². The highest BCUT2D eigenvalue weighted by molar-refractivity contribution is 5.70. The Morgan fingerprint density at radius 2 is 0.635 bits per heavy atom. The molecular weight excluding hydrogens is 1050 g/mol. The molecular formula is C76H125NO8. The second-order valence-electron chi connectivity index (χ2n) is 23.3. The highest BCUT2D eigenvalue weighted by atomic mass is 16.7. The van der Waals surface area contributed by atoms with Crippen molar-refractivity contribution in [3.8, 4) is 0 Å². The number of unbranched alkanes of at least 4 members (excludes halogenated alkanes) is 22. The number of carbonyl (C=O) groups is 3. The summed E-state index contributed by atoms with van der Waals surface area (Å²) in [4.78, 5) is 37.5. The summed E-state index contributed by atoms with van der Waals surface area (Å²) < 4.78 is 22.8. The van der Waals surface area contributed by atoms with Gasteiger partial charge in [-0.05, 0) is 116 Å². The molecule has 0 aromatic rings. The van der Waals surface area contributed by atoms with Crippen LogP contribution in [-0.4, -0.2) is 82.3 Å². The van der Waals surface area contributed by atoms with Crippen LogP contribution in [0.25, 0.3) is 0 Å². The van der Waals surface area contributed by atoms with Gasteiger partial charge in [-0.3, -0.25) is 9.59 Å². The van der Waals surface area contributed by atoms with E-state index in [9.17, 15) is 19.5 Å². The van der Waals surface area contributed by atoms with Gasteiger partial charge in [0.25, 0.3) is 0 Å². The average molecular weight is 1180 g/mol. The molecule has 0 fully saturated rings. The minimum atomic E-state index is -1.63. The van der Waals surface area contributed by atoms with Crippen LogP contribution in [0.4, 0.5) is 0 Å². The Morgan fingerprint density at radius 1 is 0.353 bits per heavy atom. The molecule has 0 bridgehead atoms. The van der Waals surface area contributed by atoms with Crippen molar-refractivity contribution < 1.29 is 42.9 Å². The number of carboxylic acids is 1. The van der Waals surface area contributed by atoms with E-state index in [-0.39, 0.29) is 38.6 Å². The summed E-state index contributed by atoms with van der Waals surface area (Å²) in [6, 6.07) is 0. The Bertz CT molecular complexity index is 1900. The number of aliphatic carboxylic acids is 1. The predicted molar refractivity (Wildman–Crippen MR) is 361 cm³/mol. The average Bonchev–Trinajstić information content (AvgIpc) is 3.49. The molecule has 9 nitrogen and oxygen atoms in total. The van der Waals surface area contributed by atoms with E-state index in [0.717, 1.165) is 135 Å². The number of quaternary nitrogens is 1. The number of likely N-dealkylation sites (N-methyl/N-ethyl adjacent to an activating group) is 1. The van der Waals surface area contributed by atoms with Gasteiger partial charge < -0.3 is 33.3 Å². The van der Waals surface area contributed by atoms with Crippen LogP contribution < -0.4 is 5.11 Å². The number of carboxylic acid groups (broad SMARTS) is 1. The zero-order chi connectivity index (χ0) is 61.9. The maximum atomic E-state index is 12.9. The zero-order valence-corrected chi connectivity index (χ0v) is 54.9. The topological polar surface area (TPSA) is 111 Å². The summed E-state index contributed by atoms with van der Waals surface area (Å²) >= 11 is 0. The Labute approximate surface area is 522 Å². The lowest BCUT2D eigenvalue weighted by Crippen LogP contribution is -2.44. The summed E-state index contributed by atoms with van der Waals surface area (Å²) in [5.41, 5.74) is 0. The summed E-state index contributed by atoms with van der Waals surface area (Å²) in [7, 11) is 5.92. The number of hydrogen-bond acceptors (Lipinski definition) is 8. The number of esters is 2. The number of carbonyl (C=O) groups excluding carboxylic acids is 3. The standard InChI is InChI=1S/C76H125NO8/c1-6-8-10-12-14-16-18-20-22-24-26-28-30-32-34-35-36-37-38-39-41-43-45-47-49-51-53-55-57-59-61-63-65-67-74(79)85-72(71-84-76(75(80)81)82-69-68-77(3,4)5)70-83-73(78)66-64-62-60-58-56-54-52-50-48-46-44-42-40-33-31-29-27-25-23-21-19-17-15-13-11-9-7-2/h8-11,14-17,20-23,26-29,32-34,36-37,39-41,72,76H,6-7,12-13,18-19,24-25,30-31,35,38,42-71H2,1-5H3/b10-8-,11-9-,16-14-,17-15-,22-20-,23-21-,28-26-,29-27-,34-32-,37-36-,40-33-,41-39-. The third kappa shape index (κ3) is 66.5. The number of ether oxygens (including phenoxy) is 4. The van der Waals surface area contributed by atoms with Crippen molar-refractivity contribution in [1.29, 1.82) is 0 Å². The molecule has 0 rings (SSSR count). The molecule has 85 heavy (non-hydrogen) atoms. The Morgan fingerprint density at radius 3 is 0.941 bits per heavy atom. The minimum Gasteiger partial charge on any atom is -0.545 e. The van der Waals surface area contributed by atoms with Gasteiger partial charge in [-0.25, -0.2) is 0 Å². The van der Waals surface area contributed by atoms with E-state index < -0.39 is 24.3 Å². The maximum Gasteiger partial charge on any atom is 0.306 e. The number of allylic oxidation sites excluding steroid dienone is 24. The van der Waals surface area contributed by atoms with Gasteiger partial charge in [0.05, 0.1) is 40.3 Å². The predicted octanol–water partition coefficient (Wildman–Crippen LogP) is 19.8. The lowest BCUT2D eigenvalue weighted by Gasteiger charge is -2.26. The van der Waals surface area contributed by atoms with E-state index in [1.165, 1.54) is 89.9 Å². The number of hydrogen-bond donors (Lipinski definition) is 0. The van der Waals surface area contributed by atoms with E-state index in [2.05, 4.69) is 160 Å². The van der Waals surface area contributed by atoms with Crippen LogP contribution in [0.2, 0.25) is 0 Å². The first kappa shape index (κ1) is 80.2. The normalized spacial score (nSPS) is 13.7. The third-order valence-electron chi connectivity index (χ3n) is 14.1. The van der Waals surface area contributed by atoms with Gasteiger partial charge in [0.15, 0.2) is 12.4 Å². The maximum absolute atomic E-state index is 12.9. The molecule has 0 N–H and O–H groups in total. The van der Waals surface area contributed by atoms with Gasteiger partial charge in [0.2, 0.25) is 0 Å². The fourth-order valence-electron chi connectivity index (χ4n) is 8.96. The second-order valence-corrected chi connectivity index (χ2v) is 23.3. The molecule has 2 unspecified atom stereocenters. The molecule has 0 aliphatic carbocycles. The highest BCUT2D eigenvalue weighted by Crippen LogP contribution is 2.16. The van der Waals surface area contributed by atoms with Crippen molar-refractivity contribution in [2.24, 2.45) is 0 Å². The van der Waals surface area contributed by atoms with Gasteiger partial charge in [-0.1, -0.05) is 275 Å². The summed E-state index contributed by atoms with van der Waals surface area (Å²) in [6.07, 6.45) is 91.9. The van der Waals surface area contributed by atoms with E-state index in [1.807, 2.05) is 21.1 Å². The first-order chi connectivity index (χ1) is 41.6. The lowest BCUT2D eigenvalue weighted by molar-refractivity contribution is -0.870. The largest absolute Gasteiger partial charge is 0.545 e. The first-order valence-electron chi connectivity index (χ1n) is 34.0. The molecule has 0 aromatic carbocycles. The molecule has 0 spiro atoms. The number of nitrogens with zero attached hydrogens (tertiary/aromatic N) is 1. The summed E-state index contributed by atoms with van der Waals surface area (Å²) in [6.45, 7) is 4.51. The first-order valence-corrected chi connectivity index (χ1v) is 34.0. The Kier molecular flexibility index (Phi) is 61.4. The summed E-state index contributed by atoms with van der Waals surface area (Å²) in [5, 5.41) is 11.8. The van der Waals surface area contributed by atoms with E-state index >= 15 is 0 Å². The third-order valence-corrected chi connectivity index (χ3v) is 14.1. The van der Waals surface area contributed by atoms with Gasteiger partial charge in [-0.2, -0.15) is 0 Å². The zero-order valence-electron chi connectivity index (χ0n) is 54.9. The fraction of sp³-hybridized carbons (Fsp3) is 0.645. The molecule has 0 heterocycles. The molecule has 0 saturated heterocycles. The minimum absolute atomic E-state index is 0.140. The lowest BCUT2D eigenvalue weighted by atomic mass is 10.0. The molecule has 9 heteroatoms. The Hall–Kier alpha value is -4.83. The molecule has 0 radical (unpaired) electrons. The Balaban J connectivity index is 4.19. The molecule has 2 atom stereocenters. The van der Waals surface area contributed by atoms with Crippen molar-refractivity contribution in [3.63, 3.8) is 0 Å². The van der Waals surface area contributed by atoms with E-state index in [0.29, 0.717) is 17.4 Å². The molecule has 0 saturated carbocycles. The monoisotopic (exact) mass is 1180 g/mol. The van der Waals surface area contributed by atoms with Crippen molar-refractivity contribution >= 4 is 17.9 Å². The molecule has 0 amide bonds. The molecule has 0 aliphatic rings. The molecule has 0 aromatic heterocycles. The molecule has 482 valence electrons. The van der Waals surface area contributed by atoms with E-state index in [1.54, 1.807) is 0 Å². The van der Waals surface area contributed by atoms with Crippen LogP contribution in [0.15, 0.2) is 146 Å². The van der Waals surface area contributed by atoms with Crippen LogP contribution in [0.1, 0.15) is 258 Å². The summed E-state index contributed by atoms with van der Waals surface area (Å²) in [5.74, 6) is -2.30. The van der Waals surface area contributed by atoms with Crippen molar-refractivity contribution in [2.45, 2.75) is 270 Å². The van der Waals surface area contributed by atoms with Crippen LogP contribution in [0.3, 0.4) is 0 Å². The van der Waals surface area contributed by atoms with Gasteiger partial charge in [-0.15, -0.1) is 0 Å². The van der Waals surface area contributed by atoms with Crippen LogP contribution in [-0.2, 0) is 33.3 Å². The highest BCUT2D eigenvalue weighted by Gasteiger charge is 2.22. The quantitative estimate of drug-likeness (QED) is 0.0195. The van der Waals surface area contributed by atoms with Crippen LogP contribution in [0.5, 0.6) is 0 Å².